The Morgan fingerprint density at radius 1 is 1.37 bits per heavy atom. The fraction of sp³-hybridized carbons (Fsp3) is 0.688. The summed E-state index contributed by atoms with van der Waals surface area (Å²) in [5, 5.41) is 3.05. The molecule has 0 saturated heterocycles. The molecule has 2 rings (SSSR count). The zero-order valence-electron chi connectivity index (χ0n) is 12.0. The molecule has 1 aromatic rings. The topological polar surface area (TPSA) is 44.9 Å². The van der Waals surface area contributed by atoms with Crippen LogP contribution in [0.5, 0.6) is 0 Å². The second-order valence-corrected chi connectivity index (χ2v) is 5.80. The summed E-state index contributed by atoms with van der Waals surface area (Å²) in [4.78, 5) is 15.1. The van der Waals surface area contributed by atoms with Gasteiger partial charge in [-0.05, 0) is 43.2 Å². The Morgan fingerprint density at radius 2 is 2.16 bits per heavy atom. The lowest BCUT2D eigenvalue weighted by Crippen LogP contribution is -2.32. The quantitative estimate of drug-likeness (QED) is 0.808. The molecule has 1 aliphatic carbocycles. The van der Waals surface area contributed by atoms with Gasteiger partial charge >= 0.3 is 0 Å². The van der Waals surface area contributed by atoms with Crippen molar-refractivity contribution < 1.29 is 4.79 Å². The van der Waals surface area contributed by atoms with Crippen LogP contribution < -0.4 is 5.32 Å². The van der Waals surface area contributed by atoms with Gasteiger partial charge in [-0.25, -0.2) is 0 Å². The maximum absolute atomic E-state index is 12.1. The number of carbonyl (C=O) groups is 1. The lowest BCUT2D eigenvalue weighted by molar-refractivity contribution is -0.126. The summed E-state index contributed by atoms with van der Waals surface area (Å²) in [5.74, 6) is 1.36. The van der Waals surface area contributed by atoms with Crippen LogP contribution in [-0.4, -0.2) is 10.9 Å². The zero-order chi connectivity index (χ0) is 13.5. The van der Waals surface area contributed by atoms with Gasteiger partial charge in [0, 0.05) is 24.9 Å². The van der Waals surface area contributed by atoms with E-state index in [0.29, 0.717) is 6.54 Å². The Bertz CT molecular complexity index is 364. The largest absolute Gasteiger partial charge is 0.367 e. The van der Waals surface area contributed by atoms with Crippen molar-refractivity contribution in [3.05, 3.63) is 24.0 Å². The van der Waals surface area contributed by atoms with Gasteiger partial charge < -0.3 is 10.3 Å². The third-order valence-corrected chi connectivity index (χ3v) is 4.31. The van der Waals surface area contributed by atoms with Gasteiger partial charge in [-0.2, -0.15) is 0 Å². The summed E-state index contributed by atoms with van der Waals surface area (Å²) in [6.07, 6.45) is 12.4. The van der Waals surface area contributed by atoms with Crippen LogP contribution in [0.2, 0.25) is 0 Å². The normalized spacial score (nSPS) is 23.2. The van der Waals surface area contributed by atoms with E-state index >= 15 is 0 Å². The molecule has 2 N–H and O–H groups in total. The second-order valence-electron chi connectivity index (χ2n) is 5.80. The predicted octanol–water partition coefficient (Wildman–Crippen LogP) is 3.63. The van der Waals surface area contributed by atoms with Crippen molar-refractivity contribution in [1.82, 2.24) is 10.3 Å². The van der Waals surface area contributed by atoms with E-state index in [-0.39, 0.29) is 11.8 Å². The molecule has 1 heterocycles. The molecule has 1 aliphatic rings. The van der Waals surface area contributed by atoms with Crippen molar-refractivity contribution in [2.24, 2.45) is 11.8 Å². The Hall–Kier alpha value is -1.25. The van der Waals surface area contributed by atoms with E-state index in [0.717, 1.165) is 24.3 Å². The average Bonchev–Trinajstić information content (AvgIpc) is 2.96. The summed E-state index contributed by atoms with van der Waals surface area (Å²) in [6.45, 7) is 2.90. The minimum Gasteiger partial charge on any atom is -0.367 e. The molecular weight excluding hydrogens is 236 g/mol. The van der Waals surface area contributed by atoms with E-state index in [9.17, 15) is 4.79 Å². The van der Waals surface area contributed by atoms with Crippen LogP contribution in [0.15, 0.2) is 18.5 Å². The third-order valence-electron chi connectivity index (χ3n) is 4.31. The SMILES string of the molecule is CCCCC1CCC(C(=O)NCc2cc[nH]c2)CC1. The molecule has 19 heavy (non-hydrogen) atoms. The first-order valence-corrected chi connectivity index (χ1v) is 7.69. The first-order valence-electron chi connectivity index (χ1n) is 7.69. The standard InChI is InChI=1S/C16H26N2O/c1-2-3-4-13-5-7-15(8-6-13)16(19)18-12-14-9-10-17-11-14/h9-11,13,15,17H,2-8,12H2,1H3,(H,18,19). The van der Waals surface area contributed by atoms with Gasteiger partial charge in [-0.3, -0.25) is 4.79 Å². The Morgan fingerprint density at radius 3 is 2.79 bits per heavy atom. The lowest BCUT2D eigenvalue weighted by Gasteiger charge is -2.27. The molecule has 0 aromatic carbocycles. The zero-order valence-corrected chi connectivity index (χ0v) is 12.0. The summed E-state index contributed by atoms with van der Waals surface area (Å²) in [7, 11) is 0. The highest BCUT2D eigenvalue weighted by atomic mass is 16.1. The molecule has 3 nitrogen and oxygen atoms in total. The number of amides is 1. The Balaban J connectivity index is 1.67. The number of aromatic amines is 1. The van der Waals surface area contributed by atoms with Crippen molar-refractivity contribution >= 4 is 5.91 Å². The maximum Gasteiger partial charge on any atom is 0.223 e. The summed E-state index contributed by atoms with van der Waals surface area (Å²) >= 11 is 0. The van der Waals surface area contributed by atoms with Gasteiger partial charge in [0.2, 0.25) is 5.91 Å². The number of unbranched alkanes of at least 4 members (excludes halogenated alkanes) is 1. The molecule has 3 heteroatoms. The minimum absolute atomic E-state index is 0.246. The van der Waals surface area contributed by atoms with Crippen LogP contribution >= 0.6 is 0 Å². The Kier molecular flexibility index (Phi) is 5.49. The van der Waals surface area contributed by atoms with Gasteiger partial charge in [0.15, 0.2) is 0 Å². The molecule has 0 aliphatic heterocycles. The second kappa shape index (κ2) is 7.37. The molecule has 0 unspecified atom stereocenters. The molecule has 0 bridgehead atoms. The van der Waals surface area contributed by atoms with Crippen molar-refractivity contribution in [2.75, 3.05) is 0 Å². The molecular formula is C16H26N2O. The first kappa shape index (κ1) is 14.2. The summed E-state index contributed by atoms with van der Waals surface area (Å²) < 4.78 is 0. The van der Waals surface area contributed by atoms with Crippen molar-refractivity contribution in [2.45, 2.75) is 58.4 Å². The number of hydrogen-bond donors (Lipinski definition) is 2. The molecule has 106 valence electrons. The summed E-state index contributed by atoms with van der Waals surface area (Å²) in [5.41, 5.74) is 1.14. The number of hydrogen-bond acceptors (Lipinski definition) is 1. The van der Waals surface area contributed by atoms with E-state index in [1.54, 1.807) is 0 Å². The summed E-state index contributed by atoms with van der Waals surface area (Å²) in [6, 6.07) is 2.00. The van der Waals surface area contributed by atoms with E-state index in [2.05, 4.69) is 17.2 Å². The van der Waals surface area contributed by atoms with E-state index in [4.69, 9.17) is 0 Å². The number of rotatable bonds is 6. The minimum atomic E-state index is 0.246. The molecule has 0 spiro atoms. The van der Waals surface area contributed by atoms with Crippen LogP contribution in [0.1, 0.15) is 57.4 Å². The van der Waals surface area contributed by atoms with Crippen molar-refractivity contribution in [1.29, 1.82) is 0 Å². The highest BCUT2D eigenvalue weighted by Crippen LogP contribution is 2.31. The number of nitrogens with one attached hydrogen (secondary N) is 2. The first-order chi connectivity index (χ1) is 9.29. The molecule has 0 atom stereocenters. The van der Waals surface area contributed by atoms with E-state index in [1.807, 2.05) is 18.5 Å². The van der Waals surface area contributed by atoms with Crippen LogP contribution in [0, 0.1) is 11.8 Å². The fourth-order valence-electron chi connectivity index (χ4n) is 3.01. The number of H-pyrrole nitrogens is 1. The van der Waals surface area contributed by atoms with Gasteiger partial charge in [0.05, 0.1) is 0 Å². The van der Waals surface area contributed by atoms with Crippen LogP contribution in [-0.2, 0) is 11.3 Å². The smallest absolute Gasteiger partial charge is 0.223 e. The van der Waals surface area contributed by atoms with E-state index < -0.39 is 0 Å². The van der Waals surface area contributed by atoms with Crippen molar-refractivity contribution in [3.8, 4) is 0 Å². The lowest BCUT2D eigenvalue weighted by atomic mass is 9.79. The molecule has 0 radical (unpaired) electrons. The van der Waals surface area contributed by atoms with E-state index in [1.165, 1.54) is 32.1 Å². The van der Waals surface area contributed by atoms with Crippen molar-refractivity contribution in [3.63, 3.8) is 0 Å². The number of carbonyl (C=O) groups excluding carboxylic acids is 1. The third kappa shape index (κ3) is 4.41. The van der Waals surface area contributed by atoms with Crippen LogP contribution in [0.4, 0.5) is 0 Å². The van der Waals surface area contributed by atoms with Crippen LogP contribution in [0.25, 0.3) is 0 Å². The fourth-order valence-corrected chi connectivity index (χ4v) is 3.01. The van der Waals surface area contributed by atoms with Crippen LogP contribution in [0.3, 0.4) is 0 Å². The van der Waals surface area contributed by atoms with Gasteiger partial charge in [-0.1, -0.05) is 26.2 Å². The Labute approximate surface area is 116 Å². The molecule has 1 saturated carbocycles. The molecule has 1 amide bonds. The predicted molar refractivity (Wildman–Crippen MR) is 77.6 cm³/mol. The van der Waals surface area contributed by atoms with Gasteiger partial charge in [0.25, 0.3) is 0 Å². The highest BCUT2D eigenvalue weighted by molar-refractivity contribution is 5.78. The van der Waals surface area contributed by atoms with Gasteiger partial charge in [-0.15, -0.1) is 0 Å². The maximum atomic E-state index is 12.1. The number of aromatic nitrogens is 1. The van der Waals surface area contributed by atoms with Gasteiger partial charge in [0.1, 0.15) is 0 Å². The molecule has 1 fully saturated rings. The monoisotopic (exact) mass is 262 g/mol. The average molecular weight is 262 g/mol. The molecule has 1 aromatic heterocycles. The highest BCUT2D eigenvalue weighted by Gasteiger charge is 2.25.